The second-order valence-corrected chi connectivity index (χ2v) is 6.96. The maximum absolute atomic E-state index is 13.0. The zero-order chi connectivity index (χ0) is 20.1. The largest absolute Gasteiger partial charge is 0.487 e. The molecule has 1 N–H and O–H groups in total. The monoisotopic (exact) mass is 388 g/mol. The van der Waals surface area contributed by atoms with E-state index in [0.29, 0.717) is 31.2 Å². The van der Waals surface area contributed by atoms with Crippen molar-refractivity contribution in [2.75, 3.05) is 6.61 Å². The number of hydrogen-bond donors (Lipinski definition) is 1. The summed E-state index contributed by atoms with van der Waals surface area (Å²) in [6.07, 6.45) is 5.38. The summed E-state index contributed by atoms with van der Waals surface area (Å²) in [5, 5.41) is 18.5. The van der Waals surface area contributed by atoms with E-state index in [2.05, 4.69) is 15.5 Å². The molecule has 9 nitrogen and oxygen atoms in total. The topological polar surface area (TPSA) is 120 Å². The normalized spacial score (nSPS) is 16.2. The molecule has 28 heavy (non-hydrogen) atoms. The molecule has 1 saturated carbocycles. The fourth-order valence-corrected chi connectivity index (χ4v) is 3.60. The van der Waals surface area contributed by atoms with Crippen LogP contribution >= 0.6 is 0 Å². The minimum atomic E-state index is -0.737. The van der Waals surface area contributed by atoms with Crippen molar-refractivity contribution in [3.05, 3.63) is 45.6 Å². The number of carbonyl (C=O) groups is 1. The zero-order valence-corrected chi connectivity index (χ0v) is 16.1. The van der Waals surface area contributed by atoms with Crippen molar-refractivity contribution in [3.8, 4) is 5.75 Å². The van der Waals surface area contributed by atoms with Crippen LogP contribution in [0.5, 0.6) is 5.75 Å². The zero-order valence-electron chi connectivity index (χ0n) is 16.1. The number of nitro groups is 1. The van der Waals surface area contributed by atoms with E-state index in [1.807, 2.05) is 0 Å². The highest BCUT2D eigenvalue weighted by Gasteiger charge is 2.39. The summed E-state index contributed by atoms with van der Waals surface area (Å²) in [4.78, 5) is 28.2. The highest BCUT2D eigenvalue weighted by molar-refractivity contribution is 5.95. The van der Waals surface area contributed by atoms with E-state index in [4.69, 9.17) is 9.26 Å². The van der Waals surface area contributed by atoms with Crippen LogP contribution in [0.25, 0.3) is 0 Å². The molecular formula is C19H24N4O5. The van der Waals surface area contributed by atoms with Crippen LogP contribution in [0.1, 0.15) is 67.5 Å². The molecule has 1 amide bonds. The molecule has 0 radical (unpaired) electrons. The van der Waals surface area contributed by atoms with Gasteiger partial charge in [-0.2, -0.15) is 4.98 Å². The number of carbonyl (C=O) groups excluding carboxylic acids is 1. The number of nitrogens with zero attached hydrogens (tertiary/aromatic N) is 3. The molecule has 0 bridgehead atoms. The van der Waals surface area contributed by atoms with Crippen LogP contribution < -0.4 is 10.1 Å². The fourth-order valence-electron chi connectivity index (χ4n) is 3.60. The van der Waals surface area contributed by atoms with Gasteiger partial charge in [-0.1, -0.05) is 30.8 Å². The number of aryl methyl sites for hydroxylation is 1. The number of amides is 1. The van der Waals surface area contributed by atoms with Crippen LogP contribution in [-0.2, 0) is 5.54 Å². The van der Waals surface area contributed by atoms with Crippen LogP contribution in [0.2, 0.25) is 0 Å². The lowest BCUT2D eigenvalue weighted by Gasteiger charge is -2.30. The minimum Gasteiger partial charge on any atom is -0.487 e. The van der Waals surface area contributed by atoms with Crippen LogP contribution in [0.4, 0.5) is 5.69 Å². The number of nitro benzene ring substituents is 1. The predicted molar refractivity (Wildman–Crippen MR) is 100 cm³/mol. The van der Waals surface area contributed by atoms with E-state index >= 15 is 0 Å². The Morgan fingerprint density at radius 1 is 1.32 bits per heavy atom. The average molecular weight is 388 g/mol. The molecule has 1 fully saturated rings. The van der Waals surface area contributed by atoms with E-state index in [0.717, 1.165) is 25.7 Å². The third-order valence-corrected chi connectivity index (χ3v) is 4.98. The molecule has 0 unspecified atom stereocenters. The molecular weight excluding hydrogens is 364 g/mol. The quantitative estimate of drug-likeness (QED) is 0.455. The highest BCUT2D eigenvalue weighted by Crippen LogP contribution is 2.35. The first-order valence-corrected chi connectivity index (χ1v) is 9.50. The molecule has 3 rings (SSSR count). The Bertz CT molecular complexity index is 856. The van der Waals surface area contributed by atoms with Gasteiger partial charge in [-0.15, -0.1) is 0 Å². The Labute approximate surface area is 162 Å². The van der Waals surface area contributed by atoms with Gasteiger partial charge in [-0.05, 0) is 31.9 Å². The van der Waals surface area contributed by atoms with Gasteiger partial charge in [0.25, 0.3) is 5.91 Å². The lowest BCUT2D eigenvalue weighted by molar-refractivity contribution is -0.385. The second kappa shape index (κ2) is 8.37. The SMILES string of the molecule is CCOc1ccc(C(=O)NC2(c3noc(C)n3)CCCCCC2)cc1[N+](=O)[O-]. The third kappa shape index (κ3) is 4.13. The molecule has 2 aromatic rings. The standard InChI is InChI=1S/C19H24N4O5/c1-3-27-16-9-8-14(12-15(16)23(25)26)17(24)21-19(10-6-4-5-7-11-19)18-20-13(2)28-22-18/h8-9,12H,3-7,10-11H2,1-2H3,(H,21,24). The van der Waals surface area contributed by atoms with Gasteiger partial charge in [0.05, 0.1) is 11.5 Å². The van der Waals surface area contributed by atoms with E-state index in [-0.39, 0.29) is 17.0 Å². The van der Waals surface area contributed by atoms with Gasteiger partial charge < -0.3 is 14.6 Å². The first-order valence-electron chi connectivity index (χ1n) is 9.50. The molecule has 1 aromatic carbocycles. The molecule has 1 aliphatic carbocycles. The summed E-state index contributed by atoms with van der Waals surface area (Å²) < 4.78 is 10.4. The molecule has 0 atom stereocenters. The van der Waals surface area contributed by atoms with Crippen molar-refractivity contribution < 1.29 is 19.0 Å². The molecule has 0 aliphatic heterocycles. The van der Waals surface area contributed by atoms with Gasteiger partial charge in [0.15, 0.2) is 11.6 Å². The highest BCUT2D eigenvalue weighted by atomic mass is 16.6. The van der Waals surface area contributed by atoms with Crippen LogP contribution in [-0.4, -0.2) is 27.6 Å². The average Bonchev–Trinajstić information content (AvgIpc) is 2.97. The number of rotatable bonds is 6. The van der Waals surface area contributed by atoms with Crippen LogP contribution in [0, 0.1) is 17.0 Å². The lowest BCUT2D eigenvalue weighted by Crippen LogP contribution is -2.46. The van der Waals surface area contributed by atoms with Crippen molar-refractivity contribution in [2.45, 2.75) is 57.9 Å². The summed E-state index contributed by atoms with van der Waals surface area (Å²) in [6, 6.07) is 4.22. The first kappa shape index (κ1) is 19.8. The van der Waals surface area contributed by atoms with Gasteiger partial charge in [0.2, 0.25) is 5.89 Å². The maximum Gasteiger partial charge on any atom is 0.311 e. The van der Waals surface area contributed by atoms with Gasteiger partial charge in [0, 0.05) is 18.6 Å². The van der Waals surface area contributed by atoms with Gasteiger partial charge in [0.1, 0.15) is 5.54 Å². The Morgan fingerprint density at radius 3 is 2.61 bits per heavy atom. The van der Waals surface area contributed by atoms with Gasteiger partial charge in [-0.3, -0.25) is 14.9 Å². The third-order valence-electron chi connectivity index (χ3n) is 4.98. The molecule has 1 aromatic heterocycles. The smallest absolute Gasteiger partial charge is 0.311 e. The van der Waals surface area contributed by atoms with Crippen LogP contribution in [0.15, 0.2) is 22.7 Å². The summed E-state index contributed by atoms with van der Waals surface area (Å²) in [6.45, 7) is 3.75. The van der Waals surface area contributed by atoms with Crippen molar-refractivity contribution in [3.63, 3.8) is 0 Å². The number of benzene rings is 1. The molecule has 0 saturated heterocycles. The molecule has 1 aliphatic rings. The number of nitrogens with one attached hydrogen (secondary N) is 1. The molecule has 1 heterocycles. The van der Waals surface area contributed by atoms with Crippen molar-refractivity contribution in [1.29, 1.82) is 0 Å². The van der Waals surface area contributed by atoms with Crippen LogP contribution in [0.3, 0.4) is 0 Å². The van der Waals surface area contributed by atoms with Gasteiger partial charge >= 0.3 is 5.69 Å². The number of ether oxygens (including phenoxy) is 1. The summed E-state index contributed by atoms with van der Waals surface area (Å²) >= 11 is 0. The van der Waals surface area contributed by atoms with E-state index in [1.165, 1.54) is 18.2 Å². The second-order valence-electron chi connectivity index (χ2n) is 6.96. The van der Waals surface area contributed by atoms with Gasteiger partial charge in [-0.25, -0.2) is 0 Å². The van der Waals surface area contributed by atoms with E-state index in [9.17, 15) is 14.9 Å². The van der Waals surface area contributed by atoms with Crippen molar-refractivity contribution in [1.82, 2.24) is 15.5 Å². The van der Waals surface area contributed by atoms with Crippen molar-refractivity contribution >= 4 is 11.6 Å². The predicted octanol–water partition coefficient (Wildman–Crippen LogP) is 3.66. The minimum absolute atomic E-state index is 0.141. The molecule has 0 spiro atoms. The Hall–Kier alpha value is -2.97. The summed E-state index contributed by atoms with van der Waals surface area (Å²) in [7, 11) is 0. The number of hydrogen-bond acceptors (Lipinski definition) is 7. The Kier molecular flexibility index (Phi) is 5.91. The Morgan fingerprint density at radius 2 is 2.04 bits per heavy atom. The Balaban J connectivity index is 1.92. The molecule has 150 valence electrons. The van der Waals surface area contributed by atoms with E-state index < -0.39 is 16.4 Å². The van der Waals surface area contributed by atoms with E-state index in [1.54, 1.807) is 13.8 Å². The molecule has 9 heteroatoms. The van der Waals surface area contributed by atoms with Crippen molar-refractivity contribution in [2.24, 2.45) is 0 Å². The lowest BCUT2D eigenvalue weighted by atomic mass is 9.88. The number of aromatic nitrogens is 2. The fraction of sp³-hybridized carbons (Fsp3) is 0.526. The summed E-state index contributed by atoms with van der Waals surface area (Å²) in [5.74, 6) is 0.628. The summed E-state index contributed by atoms with van der Waals surface area (Å²) in [5.41, 5.74) is -0.780. The maximum atomic E-state index is 13.0. The first-order chi connectivity index (χ1) is 13.4.